The maximum atomic E-state index is 13.8. The molecule has 6 nitrogen and oxygen atoms in total. The largest absolute Gasteiger partial charge is 0.494 e. The molecule has 156 valence electrons. The van der Waals surface area contributed by atoms with Crippen LogP contribution in [0.4, 0.5) is 15.8 Å². The molecule has 1 amide bonds. The fourth-order valence-electron chi connectivity index (χ4n) is 2.84. The second-order valence-corrected chi connectivity index (χ2v) is 8.41. The van der Waals surface area contributed by atoms with E-state index < -0.39 is 21.7 Å². The molecule has 0 aliphatic rings. The van der Waals surface area contributed by atoms with Crippen LogP contribution in [-0.2, 0) is 10.0 Å². The molecule has 0 heterocycles. The normalized spacial score (nSPS) is 11.1. The first-order valence-electron chi connectivity index (χ1n) is 9.04. The number of sulfonamides is 1. The molecule has 0 spiro atoms. The highest BCUT2D eigenvalue weighted by Gasteiger charge is 2.17. The van der Waals surface area contributed by atoms with Crippen LogP contribution in [-0.4, -0.2) is 21.4 Å². The van der Waals surface area contributed by atoms with E-state index in [1.54, 1.807) is 19.1 Å². The van der Waals surface area contributed by atoms with Crippen molar-refractivity contribution in [2.45, 2.75) is 18.7 Å². The van der Waals surface area contributed by atoms with Gasteiger partial charge in [-0.2, -0.15) is 0 Å². The van der Waals surface area contributed by atoms with Crippen LogP contribution < -0.4 is 14.8 Å². The number of carbonyl (C=O) groups excluding carboxylic acids is 1. The number of hydrogen-bond acceptors (Lipinski definition) is 4. The first-order chi connectivity index (χ1) is 14.2. The van der Waals surface area contributed by atoms with Crippen LogP contribution in [0.3, 0.4) is 0 Å². The Labute approximate surface area is 174 Å². The van der Waals surface area contributed by atoms with Gasteiger partial charge in [-0.3, -0.25) is 9.52 Å². The summed E-state index contributed by atoms with van der Waals surface area (Å²) < 4.78 is 46.5. The average molecular weight is 428 g/mol. The Balaban J connectivity index is 1.73. The van der Waals surface area contributed by atoms with Gasteiger partial charge in [0.2, 0.25) is 0 Å². The van der Waals surface area contributed by atoms with Gasteiger partial charge in [-0.05, 0) is 67.4 Å². The second-order valence-electron chi connectivity index (χ2n) is 6.76. The summed E-state index contributed by atoms with van der Waals surface area (Å²) in [6.07, 6.45) is 0. The van der Waals surface area contributed by atoms with Crippen LogP contribution in [0.5, 0.6) is 5.75 Å². The van der Waals surface area contributed by atoms with Crippen LogP contribution in [0.2, 0.25) is 0 Å². The smallest absolute Gasteiger partial charge is 0.262 e. The van der Waals surface area contributed by atoms with Crippen molar-refractivity contribution in [2.24, 2.45) is 0 Å². The van der Waals surface area contributed by atoms with E-state index in [9.17, 15) is 17.6 Å². The molecule has 0 aliphatic carbocycles. The predicted octanol–water partition coefficient (Wildman–Crippen LogP) is 4.50. The van der Waals surface area contributed by atoms with Crippen molar-refractivity contribution in [3.05, 3.63) is 83.2 Å². The molecule has 0 saturated heterocycles. The lowest BCUT2D eigenvalue weighted by molar-refractivity contribution is 0.102. The van der Waals surface area contributed by atoms with Gasteiger partial charge in [0.1, 0.15) is 0 Å². The SMILES string of the molecule is COc1ccc(NC(=O)c2ccc(NS(=O)(=O)c3cc(C)ccc3C)cc2)cc1F. The van der Waals surface area contributed by atoms with Gasteiger partial charge >= 0.3 is 0 Å². The van der Waals surface area contributed by atoms with Crippen molar-refractivity contribution >= 4 is 27.3 Å². The van der Waals surface area contributed by atoms with Gasteiger partial charge in [-0.15, -0.1) is 0 Å². The Morgan fingerprint density at radius 2 is 1.60 bits per heavy atom. The minimum atomic E-state index is -3.76. The zero-order valence-electron chi connectivity index (χ0n) is 16.7. The monoisotopic (exact) mass is 428 g/mol. The van der Waals surface area contributed by atoms with Crippen LogP contribution >= 0.6 is 0 Å². The lowest BCUT2D eigenvalue weighted by Crippen LogP contribution is -2.15. The van der Waals surface area contributed by atoms with E-state index in [-0.39, 0.29) is 16.3 Å². The quantitative estimate of drug-likeness (QED) is 0.605. The standard InChI is InChI=1S/C22H21FN2O4S/c1-14-4-5-15(2)21(12-14)30(27,28)25-17-8-6-16(7-9-17)22(26)24-18-10-11-20(29-3)19(23)13-18/h4-13,25H,1-3H3,(H,24,26). The topological polar surface area (TPSA) is 84.5 Å². The minimum Gasteiger partial charge on any atom is -0.494 e. The van der Waals surface area contributed by atoms with Crippen LogP contribution in [0.1, 0.15) is 21.5 Å². The van der Waals surface area contributed by atoms with Gasteiger partial charge < -0.3 is 10.1 Å². The van der Waals surface area contributed by atoms with E-state index in [1.807, 2.05) is 13.0 Å². The maximum absolute atomic E-state index is 13.8. The van der Waals surface area contributed by atoms with Crippen LogP contribution in [0.25, 0.3) is 0 Å². The van der Waals surface area contributed by atoms with Crippen molar-refractivity contribution in [3.8, 4) is 5.75 Å². The van der Waals surface area contributed by atoms with E-state index in [1.165, 1.54) is 43.5 Å². The zero-order chi connectivity index (χ0) is 21.9. The number of amides is 1. The molecular weight excluding hydrogens is 407 g/mol. The number of methoxy groups -OCH3 is 1. The van der Waals surface area contributed by atoms with Gasteiger partial charge in [0, 0.05) is 23.0 Å². The Kier molecular flexibility index (Phi) is 6.07. The van der Waals surface area contributed by atoms with E-state index in [4.69, 9.17) is 4.74 Å². The number of carbonyl (C=O) groups is 1. The lowest BCUT2D eigenvalue weighted by atomic mass is 10.2. The average Bonchev–Trinajstić information content (AvgIpc) is 2.70. The number of nitrogens with one attached hydrogen (secondary N) is 2. The molecule has 0 radical (unpaired) electrons. The number of anilines is 2. The molecule has 3 rings (SSSR count). The molecule has 0 unspecified atom stereocenters. The Morgan fingerprint density at radius 1 is 0.933 bits per heavy atom. The highest BCUT2D eigenvalue weighted by molar-refractivity contribution is 7.92. The zero-order valence-corrected chi connectivity index (χ0v) is 17.5. The molecule has 3 aromatic rings. The molecular formula is C22H21FN2O4S. The Bertz CT molecular complexity index is 1190. The first-order valence-corrected chi connectivity index (χ1v) is 10.5. The molecule has 0 atom stereocenters. The summed E-state index contributed by atoms with van der Waals surface area (Å²) in [7, 11) is -2.41. The van der Waals surface area contributed by atoms with Gasteiger partial charge in [-0.25, -0.2) is 12.8 Å². The highest BCUT2D eigenvalue weighted by atomic mass is 32.2. The third-order valence-corrected chi connectivity index (χ3v) is 5.97. The molecule has 0 aromatic heterocycles. The van der Waals surface area contributed by atoms with E-state index >= 15 is 0 Å². The highest BCUT2D eigenvalue weighted by Crippen LogP contribution is 2.23. The third kappa shape index (κ3) is 4.77. The molecule has 2 N–H and O–H groups in total. The Morgan fingerprint density at radius 3 is 2.23 bits per heavy atom. The van der Waals surface area contributed by atoms with Crippen molar-refractivity contribution < 1.29 is 22.3 Å². The van der Waals surface area contributed by atoms with E-state index in [2.05, 4.69) is 10.0 Å². The molecule has 30 heavy (non-hydrogen) atoms. The Hall–Kier alpha value is -3.39. The predicted molar refractivity (Wildman–Crippen MR) is 114 cm³/mol. The van der Waals surface area contributed by atoms with E-state index in [0.717, 1.165) is 11.6 Å². The maximum Gasteiger partial charge on any atom is 0.262 e. The van der Waals surface area contributed by atoms with Crippen molar-refractivity contribution in [1.29, 1.82) is 0 Å². The minimum absolute atomic E-state index is 0.0773. The van der Waals surface area contributed by atoms with Crippen molar-refractivity contribution in [2.75, 3.05) is 17.1 Å². The molecule has 0 aliphatic heterocycles. The summed E-state index contributed by atoms with van der Waals surface area (Å²) in [6.45, 7) is 3.55. The number of halogens is 1. The summed E-state index contributed by atoms with van der Waals surface area (Å²) in [5.41, 5.74) is 2.36. The molecule has 0 fully saturated rings. The number of rotatable bonds is 6. The number of aryl methyl sites for hydroxylation is 2. The fraction of sp³-hybridized carbons (Fsp3) is 0.136. The van der Waals surface area contributed by atoms with Gasteiger partial charge in [0.05, 0.1) is 12.0 Å². The molecule has 0 bridgehead atoms. The van der Waals surface area contributed by atoms with Gasteiger partial charge in [0.25, 0.3) is 15.9 Å². The van der Waals surface area contributed by atoms with Crippen molar-refractivity contribution in [1.82, 2.24) is 0 Å². The summed E-state index contributed by atoms with van der Waals surface area (Å²) in [5, 5.41) is 2.58. The van der Waals surface area contributed by atoms with Gasteiger partial charge in [0.15, 0.2) is 11.6 Å². The molecule has 3 aromatic carbocycles. The summed E-state index contributed by atoms with van der Waals surface area (Å²) in [6, 6.07) is 15.2. The second kappa shape index (κ2) is 8.54. The summed E-state index contributed by atoms with van der Waals surface area (Å²) in [4.78, 5) is 12.6. The third-order valence-electron chi connectivity index (χ3n) is 4.44. The first kappa shape index (κ1) is 21.3. The molecule has 8 heteroatoms. The summed E-state index contributed by atoms with van der Waals surface area (Å²) >= 11 is 0. The van der Waals surface area contributed by atoms with Crippen LogP contribution in [0, 0.1) is 19.7 Å². The van der Waals surface area contributed by atoms with Crippen molar-refractivity contribution in [3.63, 3.8) is 0 Å². The molecule has 0 saturated carbocycles. The van der Waals surface area contributed by atoms with Gasteiger partial charge in [-0.1, -0.05) is 12.1 Å². The summed E-state index contributed by atoms with van der Waals surface area (Å²) in [5.74, 6) is -0.969. The number of hydrogen-bond donors (Lipinski definition) is 2. The number of ether oxygens (including phenoxy) is 1. The number of benzene rings is 3. The fourth-order valence-corrected chi connectivity index (χ4v) is 4.23. The van der Waals surface area contributed by atoms with E-state index in [0.29, 0.717) is 16.8 Å². The lowest BCUT2D eigenvalue weighted by Gasteiger charge is -2.12. The van der Waals surface area contributed by atoms with Crippen LogP contribution in [0.15, 0.2) is 65.6 Å².